The van der Waals surface area contributed by atoms with Crippen molar-refractivity contribution in [1.82, 2.24) is 0 Å². The Balaban J connectivity index is 0. The number of ether oxygens (including phenoxy) is 1. The summed E-state index contributed by atoms with van der Waals surface area (Å²) in [5.74, 6) is 0.599. The predicted octanol–water partition coefficient (Wildman–Crippen LogP) is -0.992. The van der Waals surface area contributed by atoms with Gasteiger partial charge in [0.2, 0.25) is 0 Å². The molecule has 11 heavy (non-hydrogen) atoms. The van der Waals surface area contributed by atoms with Crippen LogP contribution in [0.3, 0.4) is 0 Å². The van der Waals surface area contributed by atoms with Crippen LogP contribution in [0, 0.1) is 0 Å². The minimum atomic E-state index is -0.308. The average molecular weight is 193 g/mol. The standard InChI is InChI=1S/C5H7NO2S.2Na.2H/c1-8-5(7)4-6-2-3-9-4;;;;/h2-3H2,1H3;;;;. The molecule has 0 aromatic carbocycles. The second kappa shape index (κ2) is 8.10. The Morgan fingerprint density at radius 1 is 1.64 bits per heavy atom. The van der Waals surface area contributed by atoms with Crippen LogP contribution in [0.4, 0.5) is 0 Å². The van der Waals surface area contributed by atoms with Gasteiger partial charge in [-0.3, -0.25) is 4.99 Å². The number of carbonyl (C=O) groups excluding carboxylic acids is 1. The molecule has 0 amide bonds. The summed E-state index contributed by atoms with van der Waals surface area (Å²) in [6.45, 7) is 0.745. The van der Waals surface area contributed by atoms with Gasteiger partial charge in [0.1, 0.15) is 0 Å². The number of hydrogen-bond donors (Lipinski definition) is 0. The Morgan fingerprint density at radius 2 is 2.27 bits per heavy atom. The van der Waals surface area contributed by atoms with E-state index in [1.165, 1.54) is 18.9 Å². The van der Waals surface area contributed by atoms with Crippen LogP contribution in [0.15, 0.2) is 4.99 Å². The normalized spacial score (nSPS) is 14.1. The van der Waals surface area contributed by atoms with Gasteiger partial charge >= 0.3 is 65.1 Å². The Bertz CT molecular complexity index is 163. The molecule has 0 aromatic rings. The zero-order valence-corrected chi connectivity index (χ0v) is 5.90. The Kier molecular flexibility index (Phi) is 11.0. The number of thioether (sulfide) groups is 1. The summed E-state index contributed by atoms with van der Waals surface area (Å²) >= 11 is 1.45. The first-order valence-electron chi connectivity index (χ1n) is 2.60. The van der Waals surface area contributed by atoms with E-state index in [2.05, 4.69) is 9.73 Å². The Hall–Kier alpha value is 1.49. The first-order valence-corrected chi connectivity index (χ1v) is 3.58. The summed E-state index contributed by atoms with van der Waals surface area (Å²) in [6.07, 6.45) is 0. The molecule has 0 N–H and O–H groups in total. The number of rotatable bonds is 1. The molecular weight excluding hydrogens is 184 g/mol. The summed E-state index contributed by atoms with van der Waals surface area (Å²) in [5, 5.41) is 0.512. The number of esters is 1. The molecule has 0 unspecified atom stereocenters. The monoisotopic (exact) mass is 193 g/mol. The van der Waals surface area contributed by atoms with E-state index in [0.29, 0.717) is 5.04 Å². The van der Waals surface area contributed by atoms with E-state index in [4.69, 9.17) is 0 Å². The molecule has 0 aromatic heterocycles. The van der Waals surface area contributed by atoms with E-state index in [1.807, 2.05) is 0 Å². The maximum atomic E-state index is 10.6. The molecule has 0 saturated carbocycles. The quantitative estimate of drug-likeness (QED) is 0.396. The summed E-state index contributed by atoms with van der Waals surface area (Å²) in [7, 11) is 1.36. The van der Waals surface area contributed by atoms with E-state index in [-0.39, 0.29) is 65.1 Å². The fourth-order valence-corrected chi connectivity index (χ4v) is 1.31. The molecule has 1 aliphatic heterocycles. The van der Waals surface area contributed by atoms with Crippen molar-refractivity contribution in [2.24, 2.45) is 4.99 Å². The zero-order valence-electron chi connectivity index (χ0n) is 5.09. The topological polar surface area (TPSA) is 38.7 Å². The first kappa shape index (κ1) is 15.0. The number of methoxy groups -OCH3 is 1. The number of carbonyl (C=O) groups is 1. The van der Waals surface area contributed by atoms with Crippen molar-refractivity contribution in [3.8, 4) is 0 Å². The van der Waals surface area contributed by atoms with Gasteiger partial charge in [0.25, 0.3) is 0 Å². The maximum absolute atomic E-state index is 10.6. The average Bonchev–Trinajstić information content (AvgIpc) is 2.37. The summed E-state index contributed by atoms with van der Waals surface area (Å²) in [5.41, 5.74) is 0. The van der Waals surface area contributed by atoms with Crippen LogP contribution in [-0.4, -0.2) is 89.5 Å². The summed E-state index contributed by atoms with van der Waals surface area (Å²) in [4.78, 5) is 14.6. The molecule has 6 heteroatoms. The molecule has 0 bridgehead atoms. The molecule has 1 heterocycles. The van der Waals surface area contributed by atoms with Crippen LogP contribution in [0.25, 0.3) is 0 Å². The number of nitrogens with zero attached hydrogens (tertiary/aromatic N) is 1. The fraction of sp³-hybridized carbons (Fsp3) is 0.600. The van der Waals surface area contributed by atoms with E-state index in [9.17, 15) is 4.79 Å². The van der Waals surface area contributed by atoms with Crippen LogP contribution in [-0.2, 0) is 9.53 Å². The van der Waals surface area contributed by atoms with Crippen LogP contribution in [0.5, 0.6) is 0 Å². The van der Waals surface area contributed by atoms with Crippen LogP contribution in [0.2, 0.25) is 0 Å². The Morgan fingerprint density at radius 3 is 2.64 bits per heavy atom. The van der Waals surface area contributed by atoms with Gasteiger partial charge in [0, 0.05) is 12.3 Å². The van der Waals surface area contributed by atoms with Gasteiger partial charge in [-0.2, -0.15) is 0 Å². The third kappa shape index (κ3) is 4.93. The fourth-order valence-electron chi connectivity index (χ4n) is 0.546. The van der Waals surface area contributed by atoms with Gasteiger partial charge < -0.3 is 4.74 Å². The molecule has 1 rings (SSSR count). The van der Waals surface area contributed by atoms with E-state index >= 15 is 0 Å². The van der Waals surface area contributed by atoms with Crippen molar-refractivity contribution in [3.05, 3.63) is 0 Å². The molecule has 0 aliphatic carbocycles. The first-order chi connectivity index (χ1) is 4.34. The molecule has 0 saturated heterocycles. The van der Waals surface area contributed by atoms with Gasteiger partial charge in [0.15, 0.2) is 5.04 Å². The van der Waals surface area contributed by atoms with Gasteiger partial charge in [-0.1, -0.05) is 11.8 Å². The van der Waals surface area contributed by atoms with Gasteiger partial charge in [-0.25, -0.2) is 4.79 Å². The van der Waals surface area contributed by atoms with Crippen molar-refractivity contribution in [2.75, 3.05) is 19.4 Å². The zero-order chi connectivity index (χ0) is 6.69. The van der Waals surface area contributed by atoms with E-state index in [1.54, 1.807) is 0 Å². The van der Waals surface area contributed by atoms with Crippen molar-refractivity contribution >= 4 is 81.9 Å². The van der Waals surface area contributed by atoms with Crippen LogP contribution < -0.4 is 0 Å². The molecule has 0 atom stereocenters. The predicted molar refractivity (Wildman–Crippen MR) is 51.1 cm³/mol. The van der Waals surface area contributed by atoms with Crippen molar-refractivity contribution in [1.29, 1.82) is 0 Å². The van der Waals surface area contributed by atoms with Crippen molar-refractivity contribution in [3.63, 3.8) is 0 Å². The van der Waals surface area contributed by atoms with Crippen LogP contribution >= 0.6 is 11.8 Å². The number of hydrogen-bond acceptors (Lipinski definition) is 4. The third-order valence-electron chi connectivity index (χ3n) is 0.945. The molecular formula is C5H9NNa2O2S. The molecule has 0 radical (unpaired) electrons. The second-order valence-corrected chi connectivity index (χ2v) is 2.61. The molecule has 0 fully saturated rings. The van der Waals surface area contributed by atoms with Gasteiger partial charge in [0.05, 0.1) is 7.11 Å². The second-order valence-electron chi connectivity index (χ2n) is 1.53. The van der Waals surface area contributed by atoms with Gasteiger partial charge in [-0.15, -0.1) is 0 Å². The molecule has 1 aliphatic rings. The van der Waals surface area contributed by atoms with E-state index in [0.717, 1.165) is 12.3 Å². The van der Waals surface area contributed by atoms with Crippen molar-refractivity contribution < 1.29 is 9.53 Å². The summed E-state index contributed by atoms with van der Waals surface area (Å²) < 4.78 is 4.44. The van der Waals surface area contributed by atoms with E-state index < -0.39 is 0 Å². The van der Waals surface area contributed by atoms with Gasteiger partial charge in [-0.05, 0) is 0 Å². The summed E-state index contributed by atoms with van der Waals surface area (Å²) in [6, 6.07) is 0. The Labute approximate surface area is 114 Å². The van der Waals surface area contributed by atoms with Crippen LogP contribution in [0.1, 0.15) is 0 Å². The van der Waals surface area contributed by atoms with Crippen molar-refractivity contribution in [2.45, 2.75) is 0 Å². The molecule has 54 valence electrons. The number of aliphatic imine (C=N–C) groups is 1. The SMILES string of the molecule is COC(=O)C1=NCCS1.[NaH].[NaH]. The minimum absolute atomic E-state index is 0. The third-order valence-corrected chi connectivity index (χ3v) is 1.90. The molecule has 3 nitrogen and oxygen atoms in total. The molecule has 0 spiro atoms.